The first-order valence-electron chi connectivity index (χ1n) is 10.1. The first-order chi connectivity index (χ1) is 14.2. The highest BCUT2D eigenvalue weighted by atomic mass is 16.3. The quantitative estimate of drug-likeness (QED) is 0.716. The molecule has 3 N–H and O–H groups in total. The van der Waals surface area contributed by atoms with Gasteiger partial charge in [0.25, 0.3) is 11.8 Å². The summed E-state index contributed by atoms with van der Waals surface area (Å²) in [5, 5.41) is 15.0. The van der Waals surface area contributed by atoms with E-state index in [2.05, 4.69) is 28.8 Å². The predicted octanol–water partition coefficient (Wildman–Crippen LogP) is 0.751. The molecule has 0 unspecified atom stereocenters. The summed E-state index contributed by atoms with van der Waals surface area (Å²) in [6, 6.07) is 3.47. The van der Waals surface area contributed by atoms with Gasteiger partial charge in [0.15, 0.2) is 11.5 Å². The number of pyridine rings is 1. The highest BCUT2D eigenvalue weighted by Crippen LogP contribution is 2.58. The minimum Gasteiger partial charge on any atom is -0.369 e. The second-order valence-corrected chi connectivity index (χ2v) is 9.07. The number of amides is 2. The van der Waals surface area contributed by atoms with Gasteiger partial charge in [0.2, 0.25) is 5.60 Å². The number of aliphatic hydroxyl groups is 1. The number of nitrogens with two attached hydrogens (primary N) is 1. The van der Waals surface area contributed by atoms with Crippen LogP contribution in [0.5, 0.6) is 0 Å². The molecule has 1 aliphatic heterocycles. The van der Waals surface area contributed by atoms with Crippen LogP contribution >= 0.6 is 0 Å². The van der Waals surface area contributed by atoms with Crippen LogP contribution in [0.15, 0.2) is 18.3 Å². The van der Waals surface area contributed by atoms with Crippen LogP contribution in [0.2, 0.25) is 0 Å². The molecule has 2 aromatic heterocycles. The minimum atomic E-state index is -1.65. The molecule has 0 radical (unpaired) electrons. The second kappa shape index (κ2) is 6.16. The Morgan fingerprint density at radius 2 is 2.17 bits per heavy atom. The molecule has 2 bridgehead atoms. The molecule has 6 rings (SSSR count). The molecule has 3 heterocycles. The zero-order valence-electron chi connectivity index (χ0n) is 17.0. The van der Waals surface area contributed by atoms with Crippen molar-refractivity contribution in [1.82, 2.24) is 19.7 Å². The van der Waals surface area contributed by atoms with Gasteiger partial charge in [0.05, 0.1) is 5.69 Å². The zero-order valence-corrected chi connectivity index (χ0v) is 17.0. The average molecular weight is 405 g/mol. The molecule has 0 aromatic carbocycles. The third-order valence-corrected chi connectivity index (χ3v) is 6.62. The number of likely N-dealkylation sites (N-methyl/N-ethyl adjacent to an activating group) is 1. The van der Waals surface area contributed by atoms with E-state index in [0.29, 0.717) is 29.5 Å². The number of primary amides is 1. The Labute approximate surface area is 174 Å². The lowest BCUT2D eigenvalue weighted by molar-refractivity contribution is -0.137. The first-order valence-corrected chi connectivity index (χ1v) is 10.1. The van der Waals surface area contributed by atoms with Gasteiger partial charge in [-0.25, -0.2) is 9.67 Å². The van der Waals surface area contributed by atoms with Crippen LogP contribution in [0.4, 0.5) is 0 Å². The Morgan fingerprint density at radius 3 is 2.83 bits per heavy atom. The minimum absolute atomic E-state index is 0.222. The van der Waals surface area contributed by atoms with E-state index in [0.717, 1.165) is 30.5 Å². The Morgan fingerprint density at radius 1 is 1.40 bits per heavy atom. The third-order valence-electron chi connectivity index (χ3n) is 6.62. The molecular weight excluding hydrogens is 382 g/mol. The van der Waals surface area contributed by atoms with Crippen LogP contribution < -0.4 is 5.73 Å². The first kappa shape index (κ1) is 18.8. The van der Waals surface area contributed by atoms with E-state index in [1.807, 2.05) is 0 Å². The molecule has 2 fully saturated rings. The molecule has 8 heteroatoms. The van der Waals surface area contributed by atoms with Gasteiger partial charge >= 0.3 is 0 Å². The fourth-order valence-corrected chi connectivity index (χ4v) is 5.08. The Balaban J connectivity index is 1.54. The summed E-state index contributed by atoms with van der Waals surface area (Å²) in [7, 11) is 1.65. The molecule has 8 nitrogen and oxygen atoms in total. The van der Waals surface area contributed by atoms with Crippen molar-refractivity contribution in [2.24, 2.45) is 11.1 Å². The molecular formula is C22H23N5O3. The van der Waals surface area contributed by atoms with Crippen LogP contribution in [0.3, 0.4) is 0 Å². The van der Waals surface area contributed by atoms with Gasteiger partial charge in [-0.3, -0.25) is 9.59 Å². The van der Waals surface area contributed by atoms with Crippen LogP contribution in [0.1, 0.15) is 59.4 Å². The molecule has 30 heavy (non-hydrogen) atoms. The molecule has 1 saturated carbocycles. The summed E-state index contributed by atoms with van der Waals surface area (Å²) < 4.78 is 1.70. The van der Waals surface area contributed by atoms with Crippen molar-refractivity contribution in [3.63, 3.8) is 0 Å². The van der Waals surface area contributed by atoms with Gasteiger partial charge in [0.1, 0.15) is 0 Å². The van der Waals surface area contributed by atoms with E-state index in [9.17, 15) is 14.7 Å². The van der Waals surface area contributed by atoms with Crippen LogP contribution in [-0.2, 0) is 11.2 Å². The van der Waals surface area contributed by atoms with E-state index in [1.54, 1.807) is 30.1 Å². The number of nitrogens with zero attached hydrogens (tertiary/aromatic N) is 4. The maximum atomic E-state index is 12.1. The molecule has 2 aromatic rings. The van der Waals surface area contributed by atoms with Crippen molar-refractivity contribution in [2.75, 3.05) is 13.6 Å². The summed E-state index contributed by atoms with van der Waals surface area (Å²) in [6.45, 7) is 2.72. The van der Waals surface area contributed by atoms with Gasteiger partial charge in [-0.05, 0) is 42.7 Å². The van der Waals surface area contributed by atoms with Gasteiger partial charge in [-0.2, -0.15) is 5.10 Å². The fourth-order valence-electron chi connectivity index (χ4n) is 5.08. The fraction of sp³-hybridized carbons (Fsp3) is 0.455. The maximum absolute atomic E-state index is 12.1. The zero-order chi connectivity index (χ0) is 21.3. The standard InChI is InChI=1S/C22H23N5O3/c1-21-10-14(11-21)17-15(12-21)27(25-18(17)19(23)28)16-9-13(4-7-24-16)3-5-22(30)6-8-26(2)20(22)29/h4,7,9,14,30H,6,8,10-12H2,1-2H3,(H2,23,28)/t14?,21?,22-/m0/s1. The van der Waals surface area contributed by atoms with Crippen LogP contribution in [-0.4, -0.2) is 55.8 Å². The van der Waals surface area contributed by atoms with Crippen molar-refractivity contribution in [2.45, 2.75) is 44.1 Å². The topological polar surface area (TPSA) is 114 Å². The lowest BCUT2D eigenvalue weighted by Gasteiger charge is -2.50. The monoisotopic (exact) mass is 405 g/mol. The highest BCUT2D eigenvalue weighted by Gasteiger charge is 2.50. The summed E-state index contributed by atoms with van der Waals surface area (Å²) in [5.74, 6) is 5.57. The normalized spacial score (nSPS) is 29.1. The predicted molar refractivity (Wildman–Crippen MR) is 108 cm³/mol. The van der Waals surface area contributed by atoms with Crippen molar-refractivity contribution >= 4 is 11.8 Å². The summed E-state index contributed by atoms with van der Waals surface area (Å²) in [4.78, 5) is 30.0. The number of carbonyl (C=O) groups excluding carboxylic acids is 2. The Hall–Kier alpha value is -3.18. The molecule has 154 valence electrons. The van der Waals surface area contributed by atoms with E-state index in [-0.39, 0.29) is 17.7 Å². The summed E-state index contributed by atoms with van der Waals surface area (Å²) >= 11 is 0. The maximum Gasteiger partial charge on any atom is 0.269 e. The Kier molecular flexibility index (Phi) is 3.86. The van der Waals surface area contributed by atoms with Crippen LogP contribution in [0.25, 0.3) is 5.82 Å². The largest absolute Gasteiger partial charge is 0.369 e. The van der Waals surface area contributed by atoms with Crippen molar-refractivity contribution in [3.05, 3.63) is 40.8 Å². The van der Waals surface area contributed by atoms with Gasteiger partial charge in [-0.15, -0.1) is 0 Å². The van der Waals surface area contributed by atoms with E-state index >= 15 is 0 Å². The van der Waals surface area contributed by atoms with E-state index in [1.165, 1.54) is 4.90 Å². The summed E-state index contributed by atoms with van der Waals surface area (Å²) in [5.41, 5.74) is 7.04. The Bertz CT molecular complexity index is 1150. The SMILES string of the molecule is CN1CC[C@@](O)(C#Cc2ccnc(-n3nc(C(N)=O)c4c3CC3(C)CC4C3)c2)C1=O. The van der Waals surface area contributed by atoms with E-state index < -0.39 is 11.5 Å². The number of hydrogen-bond donors (Lipinski definition) is 2. The smallest absolute Gasteiger partial charge is 0.269 e. The van der Waals surface area contributed by atoms with Gasteiger partial charge < -0.3 is 15.7 Å². The lowest BCUT2D eigenvalue weighted by atomic mass is 9.54. The third kappa shape index (κ3) is 2.73. The number of aromatic nitrogens is 3. The van der Waals surface area contributed by atoms with Gasteiger partial charge in [0, 0.05) is 37.3 Å². The number of carbonyl (C=O) groups is 2. The number of likely N-dealkylation sites (tertiary alicyclic amines) is 1. The van der Waals surface area contributed by atoms with Crippen molar-refractivity contribution in [3.8, 4) is 17.7 Å². The molecule has 3 aliphatic carbocycles. The number of rotatable bonds is 2. The number of hydrogen-bond acceptors (Lipinski definition) is 5. The van der Waals surface area contributed by atoms with Crippen LogP contribution in [0, 0.1) is 17.3 Å². The van der Waals surface area contributed by atoms with Crippen molar-refractivity contribution in [1.29, 1.82) is 0 Å². The molecule has 0 spiro atoms. The molecule has 4 aliphatic rings. The molecule has 1 saturated heterocycles. The second-order valence-electron chi connectivity index (χ2n) is 9.07. The van der Waals surface area contributed by atoms with Crippen molar-refractivity contribution < 1.29 is 14.7 Å². The molecule has 2 amide bonds. The summed E-state index contributed by atoms with van der Waals surface area (Å²) in [6.07, 6.45) is 4.80. The van der Waals surface area contributed by atoms with Gasteiger partial charge in [-0.1, -0.05) is 18.8 Å². The highest BCUT2D eigenvalue weighted by molar-refractivity contribution is 5.93. The average Bonchev–Trinajstić information content (AvgIpc) is 3.20. The molecule has 1 atom stereocenters. The van der Waals surface area contributed by atoms with E-state index in [4.69, 9.17) is 5.73 Å². The lowest BCUT2D eigenvalue weighted by Crippen LogP contribution is -2.41.